The van der Waals surface area contributed by atoms with Crippen molar-refractivity contribution in [2.24, 2.45) is 5.73 Å². The average molecular weight is 268 g/mol. The van der Waals surface area contributed by atoms with Gasteiger partial charge in [0.05, 0.1) is 10.7 Å². The van der Waals surface area contributed by atoms with Crippen LogP contribution in [0.2, 0.25) is 5.02 Å². The Morgan fingerprint density at radius 3 is 3.00 bits per heavy atom. The number of benzene rings is 1. The predicted molar refractivity (Wildman–Crippen MR) is 74.1 cm³/mol. The van der Waals surface area contributed by atoms with E-state index < -0.39 is 5.91 Å². The third kappa shape index (κ3) is 3.37. The van der Waals surface area contributed by atoms with E-state index in [0.717, 1.165) is 25.2 Å². The number of nitrogens with two attached hydrogens (primary N) is 1. The molecule has 1 unspecified atom stereocenters. The Morgan fingerprint density at radius 2 is 2.39 bits per heavy atom. The molecular formula is C13H18ClN3O. The molecule has 4 nitrogen and oxygen atoms in total. The first-order valence-corrected chi connectivity index (χ1v) is 6.61. The maximum absolute atomic E-state index is 11.0. The van der Waals surface area contributed by atoms with Crippen molar-refractivity contribution < 1.29 is 4.79 Å². The smallest absolute Gasteiger partial charge is 0.248 e. The highest BCUT2D eigenvalue weighted by Crippen LogP contribution is 2.23. The molecule has 0 spiro atoms. The fourth-order valence-corrected chi connectivity index (χ4v) is 2.44. The lowest BCUT2D eigenvalue weighted by Gasteiger charge is -2.12. The van der Waals surface area contributed by atoms with Crippen LogP contribution in [0, 0.1) is 0 Å². The molecule has 1 amide bonds. The molecule has 1 fully saturated rings. The number of primary amides is 1. The number of carbonyl (C=O) groups is 1. The fourth-order valence-electron chi connectivity index (χ4n) is 2.20. The molecule has 18 heavy (non-hydrogen) atoms. The van der Waals surface area contributed by atoms with Gasteiger partial charge in [-0.1, -0.05) is 11.6 Å². The van der Waals surface area contributed by atoms with Gasteiger partial charge >= 0.3 is 0 Å². The van der Waals surface area contributed by atoms with Gasteiger partial charge in [-0.05, 0) is 44.0 Å². The molecule has 1 atom stereocenters. The van der Waals surface area contributed by atoms with Gasteiger partial charge in [-0.15, -0.1) is 0 Å². The second-order valence-corrected chi connectivity index (χ2v) is 4.97. The highest BCUT2D eigenvalue weighted by Gasteiger charge is 2.13. The Hall–Kier alpha value is -1.26. The van der Waals surface area contributed by atoms with Crippen LogP contribution >= 0.6 is 11.6 Å². The Bertz CT molecular complexity index is 430. The zero-order valence-corrected chi connectivity index (χ0v) is 11.0. The summed E-state index contributed by atoms with van der Waals surface area (Å²) in [6.07, 6.45) is 3.59. The van der Waals surface area contributed by atoms with Crippen molar-refractivity contribution in [2.45, 2.75) is 25.3 Å². The Kier molecular flexibility index (Phi) is 4.44. The molecule has 5 heteroatoms. The van der Waals surface area contributed by atoms with E-state index in [9.17, 15) is 4.79 Å². The number of rotatable bonds is 5. The summed E-state index contributed by atoms with van der Waals surface area (Å²) in [4.78, 5) is 11.0. The first kappa shape index (κ1) is 13.2. The molecule has 2 rings (SSSR count). The molecule has 0 bridgehead atoms. The highest BCUT2D eigenvalue weighted by molar-refractivity contribution is 6.33. The van der Waals surface area contributed by atoms with Crippen molar-refractivity contribution in [2.75, 3.05) is 18.4 Å². The lowest BCUT2D eigenvalue weighted by atomic mass is 10.1. The normalized spacial score (nSPS) is 18.8. The van der Waals surface area contributed by atoms with E-state index in [2.05, 4.69) is 10.6 Å². The van der Waals surface area contributed by atoms with E-state index in [4.69, 9.17) is 17.3 Å². The van der Waals surface area contributed by atoms with Gasteiger partial charge in [-0.25, -0.2) is 0 Å². The molecule has 0 aromatic heterocycles. The molecule has 4 N–H and O–H groups in total. The molecule has 1 aromatic carbocycles. The van der Waals surface area contributed by atoms with Gasteiger partial charge in [0.2, 0.25) is 5.91 Å². The highest BCUT2D eigenvalue weighted by atomic mass is 35.5. The van der Waals surface area contributed by atoms with Crippen LogP contribution < -0.4 is 16.4 Å². The summed E-state index contributed by atoms with van der Waals surface area (Å²) in [5.74, 6) is -0.460. The molecule has 1 aliphatic heterocycles. The minimum atomic E-state index is -0.460. The predicted octanol–water partition coefficient (Wildman–Crippen LogP) is 1.99. The second kappa shape index (κ2) is 6.07. The van der Waals surface area contributed by atoms with E-state index in [1.807, 2.05) is 0 Å². The molecule has 0 radical (unpaired) electrons. The molecule has 1 saturated heterocycles. The Balaban J connectivity index is 1.87. The lowest BCUT2D eigenvalue weighted by molar-refractivity contribution is 0.100. The molecule has 1 aliphatic rings. The van der Waals surface area contributed by atoms with Gasteiger partial charge < -0.3 is 16.4 Å². The van der Waals surface area contributed by atoms with Crippen molar-refractivity contribution in [3.8, 4) is 0 Å². The van der Waals surface area contributed by atoms with Crippen molar-refractivity contribution >= 4 is 23.2 Å². The first-order chi connectivity index (χ1) is 8.66. The van der Waals surface area contributed by atoms with Crippen LogP contribution in [0.3, 0.4) is 0 Å². The lowest BCUT2D eigenvalue weighted by Crippen LogP contribution is -2.24. The molecule has 0 saturated carbocycles. The molecule has 1 aromatic rings. The van der Waals surface area contributed by atoms with Crippen LogP contribution in [-0.4, -0.2) is 25.0 Å². The summed E-state index contributed by atoms with van der Waals surface area (Å²) < 4.78 is 0. The zero-order chi connectivity index (χ0) is 13.0. The summed E-state index contributed by atoms with van der Waals surface area (Å²) in [5.41, 5.74) is 6.47. The SMILES string of the molecule is NC(=O)c1ccc(NCCC2CCCN2)c(Cl)c1. The van der Waals surface area contributed by atoms with Crippen LogP contribution in [0.5, 0.6) is 0 Å². The Labute approximate surface area is 112 Å². The van der Waals surface area contributed by atoms with Crippen molar-refractivity contribution in [1.82, 2.24) is 5.32 Å². The second-order valence-electron chi connectivity index (χ2n) is 4.57. The number of nitrogens with one attached hydrogen (secondary N) is 2. The molecule has 1 heterocycles. The van der Waals surface area contributed by atoms with Crippen LogP contribution in [-0.2, 0) is 0 Å². The standard InChI is InChI=1S/C13H18ClN3O/c14-11-8-9(13(15)18)3-4-12(11)17-7-5-10-2-1-6-16-10/h3-4,8,10,16-17H,1-2,5-7H2,(H2,15,18). The van der Waals surface area contributed by atoms with Crippen LogP contribution in [0.15, 0.2) is 18.2 Å². The number of anilines is 1. The minimum Gasteiger partial charge on any atom is -0.384 e. The summed E-state index contributed by atoms with van der Waals surface area (Å²) in [6.45, 7) is 1.99. The van der Waals surface area contributed by atoms with Crippen LogP contribution in [0.4, 0.5) is 5.69 Å². The van der Waals surface area contributed by atoms with Gasteiger partial charge in [0.15, 0.2) is 0 Å². The fraction of sp³-hybridized carbons (Fsp3) is 0.462. The minimum absolute atomic E-state index is 0.433. The van der Waals surface area contributed by atoms with E-state index >= 15 is 0 Å². The Morgan fingerprint density at radius 1 is 1.56 bits per heavy atom. The first-order valence-electron chi connectivity index (χ1n) is 6.23. The number of hydrogen-bond donors (Lipinski definition) is 3. The third-order valence-corrected chi connectivity index (χ3v) is 3.54. The number of carbonyl (C=O) groups excluding carboxylic acids is 1. The summed E-state index contributed by atoms with van der Waals surface area (Å²) >= 11 is 6.08. The van der Waals surface area contributed by atoms with E-state index in [-0.39, 0.29) is 0 Å². The monoisotopic (exact) mass is 267 g/mol. The van der Waals surface area contributed by atoms with E-state index in [0.29, 0.717) is 16.6 Å². The van der Waals surface area contributed by atoms with Gasteiger partial charge in [-0.2, -0.15) is 0 Å². The molecule has 98 valence electrons. The van der Waals surface area contributed by atoms with Gasteiger partial charge in [0.25, 0.3) is 0 Å². The van der Waals surface area contributed by atoms with Crippen LogP contribution in [0.25, 0.3) is 0 Å². The summed E-state index contributed by atoms with van der Waals surface area (Å²) in [5, 5.41) is 7.26. The number of hydrogen-bond acceptors (Lipinski definition) is 3. The van der Waals surface area contributed by atoms with Crippen molar-refractivity contribution in [3.05, 3.63) is 28.8 Å². The molecular weight excluding hydrogens is 250 g/mol. The van der Waals surface area contributed by atoms with Crippen LogP contribution in [0.1, 0.15) is 29.6 Å². The summed E-state index contributed by atoms with van der Waals surface area (Å²) in [6, 6.07) is 5.69. The third-order valence-electron chi connectivity index (χ3n) is 3.22. The average Bonchev–Trinajstić information content (AvgIpc) is 2.84. The maximum Gasteiger partial charge on any atom is 0.248 e. The number of amides is 1. The largest absolute Gasteiger partial charge is 0.384 e. The quantitative estimate of drug-likeness (QED) is 0.764. The zero-order valence-electron chi connectivity index (χ0n) is 10.2. The van der Waals surface area contributed by atoms with Gasteiger partial charge in [-0.3, -0.25) is 4.79 Å². The van der Waals surface area contributed by atoms with Gasteiger partial charge in [0.1, 0.15) is 0 Å². The van der Waals surface area contributed by atoms with Gasteiger partial charge in [0, 0.05) is 18.2 Å². The number of halogens is 1. The van der Waals surface area contributed by atoms with E-state index in [1.165, 1.54) is 12.8 Å². The molecule has 0 aliphatic carbocycles. The topological polar surface area (TPSA) is 67.2 Å². The van der Waals surface area contributed by atoms with Crippen molar-refractivity contribution in [3.63, 3.8) is 0 Å². The summed E-state index contributed by atoms with van der Waals surface area (Å²) in [7, 11) is 0. The maximum atomic E-state index is 11.0. The van der Waals surface area contributed by atoms with Crippen molar-refractivity contribution in [1.29, 1.82) is 0 Å². The van der Waals surface area contributed by atoms with E-state index in [1.54, 1.807) is 18.2 Å².